The normalized spacial score (nSPS) is 41.5. The molecule has 3 aliphatic rings. The molecular weight excluding hydrogens is 190 g/mol. The topological polar surface area (TPSA) is 49.6 Å². The second-order valence-corrected chi connectivity index (χ2v) is 5.16. The minimum atomic E-state index is 0.366. The predicted octanol–water partition coefficient (Wildman–Crippen LogP) is -0.217. The lowest BCUT2D eigenvalue weighted by Gasteiger charge is -2.46. The van der Waals surface area contributed by atoms with Gasteiger partial charge in [0.25, 0.3) is 0 Å². The highest BCUT2D eigenvalue weighted by molar-refractivity contribution is 5.78. The number of rotatable bonds is 1. The van der Waals surface area contributed by atoms with Crippen molar-refractivity contribution in [2.45, 2.75) is 43.8 Å². The van der Waals surface area contributed by atoms with Crippen LogP contribution in [0.4, 0.5) is 0 Å². The number of carbonyl (C=O) groups is 1. The summed E-state index contributed by atoms with van der Waals surface area (Å²) in [5.74, 6) is 0.366. The highest BCUT2D eigenvalue weighted by Gasteiger charge is 2.40. The maximum atomic E-state index is 11.5. The molecule has 1 saturated carbocycles. The number of nitrogens with zero attached hydrogens (tertiary/aromatic N) is 2. The van der Waals surface area contributed by atoms with Gasteiger partial charge in [-0.1, -0.05) is 0 Å². The first-order valence-corrected chi connectivity index (χ1v) is 6.03. The van der Waals surface area contributed by atoms with Crippen LogP contribution in [0, 0.1) is 0 Å². The molecule has 0 spiro atoms. The van der Waals surface area contributed by atoms with Gasteiger partial charge in [0.15, 0.2) is 0 Å². The third-order valence-electron chi connectivity index (χ3n) is 4.19. The predicted molar refractivity (Wildman–Crippen MR) is 57.3 cm³/mol. The van der Waals surface area contributed by atoms with Crippen molar-refractivity contribution < 1.29 is 4.79 Å². The van der Waals surface area contributed by atoms with Crippen molar-refractivity contribution in [3.63, 3.8) is 0 Å². The van der Waals surface area contributed by atoms with Crippen molar-refractivity contribution in [1.29, 1.82) is 0 Å². The zero-order valence-electron chi connectivity index (χ0n) is 9.06. The van der Waals surface area contributed by atoms with Crippen LogP contribution in [-0.2, 0) is 4.79 Å². The minimum absolute atomic E-state index is 0.366. The minimum Gasteiger partial charge on any atom is -0.337 e. The number of nitrogens with two attached hydrogens (primary N) is 1. The standard InChI is InChI=1S/C11H19N3O/c12-8-5-10(6-8)13-3-4-14-9(7-13)1-2-11(14)15/h8-10H,1-7,12H2. The van der Waals surface area contributed by atoms with E-state index in [1.807, 2.05) is 0 Å². The molecular formula is C11H19N3O. The van der Waals surface area contributed by atoms with Crippen molar-refractivity contribution in [2.24, 2.45) is 5.73 Å². The molecule has 3 fully saturated rings. The second-order valence-electron chi connectivity index (χ2n) is 5.16. The molecule has 0 aromatic carbocycles. The fourth-order valence-corrected chi connectivity index (χ4v) is 3.15. The number of amides is 1. The van der Waals surface area contributed by atoms with Gasteiger partial charge in [0.2, 0.25) is 5.91 Å². The van der Waals surface area contributed by atoms with Gasteiger partial charge >= 0.3 is 0 Å². The van der Waals surface area contributed by atoms with E-state index >= 15 is 0 Å². The summed E-state index contributed by atoms with van der Waals surface area (Å²) in [6.07, 6.45) is 4.14. The monoisotopic (exact) mass is 209 g/mol. The Balaban J connectivity index is 1.60. The number of hydrogen-bond acceptors (Lipinski definition) is 3. The van der Waals surface area contributed by atoms with Gasteiger partial charge in [-0.2, -0.15) is 0 Å². The van der Waals surface area contributed by atoms with Gasteiger partial charge in [0.1, 0.15) is 0 Å². The van der Waals surface area contributed by atoms with E-state index in [-0.39, 0.29) is 0 Å². The molecule has 0 aromatic rings. The summed E-state index contributed by atoms with van der Waals surface area (Å²) in [7, 11) is 0. The van der Waals surface area contributed by atoms with E-state index in [1.54, 1.807) is 0 Å². The first-order chi connectivity index (χ1) is 7.24. The van der Waals surface area contributed by atoms with Crippen LogP contribution in [0.5, 0.6) is 0 Å². The maximum absolute atomic E-state index is 11.5. The van der Waals surface area contributed by atoms with Gasteiger partial charge in [-0.15, -0.1) is 0 Å². The fraction of sp³-hybridized carbons (Fsp3) is 0.909. The number of piperazine rings is 1. The van der Waals surface area contributed by atoms with Crippen LogP contribution in [0.25, 0.3) is 0 Å². The highest BCUT2D eigenvalue weighted by Crippen LogP contribution is 2.29. The molecule has 0 aromatic heterocycles. The van der Waals surface area contributed by atoms with E-state index in [0.29, 0.717) is 24.0 Å². The Hall–Kier alpha value is -0.610. The zero-order valence-corrected chi connectivity index (χ0v) is 9.06. The van der Waals surface area contributed by atoms with E-state index in [2.05, 4.69) is 9.80 Å². The SMILES string of the molecule is NC1CC(N2CCN3C(=O)CCC3C2)C1. The lowest BCUT2D eigenvalue weighted by atomic mass is 9.85. The zero-order chi connectivity index (χ0) is 10.4. The van der Waals surface area contributed by atoms with Gasteiger partial charge in [-0.25, -0.2) is 0 Å². The summed E-state index contributed by atoms with van der Waals surface area (Å²) in [5.41, 5.74) is 5.81. The molecule has 4 nitrogen and oxygen atoms in total. The Morgan fingerprint density at radius 2 is 2.00 bits per heavy atom. The van der Waals surface area contributed by atoms with Crippen LogP contribution in [0.2, 0.25) is 0 Å². The first kappa shape index (κ1) is 9.60. The van der Waals surface area contributed by atoms with Crippen LogP contribution >= 0.6 is 0 Å². The fourth-order valence-electron chi connectivity index (χ4n) is 3.15. The van der Waals surface area contributed by atoms with Gasteiger partial charge < -0.3 is 10.6 Å². The second kappa shape index (κ2) is 3.46. The summed E-state index contributed by atoms with van der Waals surface area (Å²) < 4.78 is 0. The van der Waals surface area contributed by atoms with Crippen molar-refractivity contribution in [3.8, 4) is 0 Å². The summed E-state index contributed by atoms with van der Waals surface area (Å²) in [4.78, 5) is 16.1. The van der Waals surface area contributed by atoms with Crippen molar-refractivity contribution in [3.05, 3.63) is 0 Å². The lowest BCUT2D eigenvalue weighted by molar-refractivity contribution is -0.131. The van der Waals surface area contributed by atoms with Crippen molar-refractivity contribution in [1.82, 2.24) is 9.80 Å². The van der Waals surface area contributed by atoms with Crippen molar-refractivity contribution in [2.75, 3.05) is 19.6 Å². The number of carbonyl (C=O) groups excluding carboxylic acids is 1. The van der Waals surface area contributed by atoms with Gasteiger partial charge in [0.05, 0.1) is 0 Å². The molecule has 0 bridgehead atoms. The molecule has 84 valence electrons. The van der Waals surface area contributed by atoms with E-state index in [4.69, 9.17) is 5.73 Å². The Labute approximate surface area is 90.4 Å². The van der Waals surface area contributed by atoms with Gasteiger partial charge in [-0.3, -0.25) is 9.69 Å². The van der Waals surface area contributed by atoms with Crippen LogP contribution in [0.1, 0.15) is 25.7 Å². The van der Waals surface area contributed by atoms with E-state index in [1.165, 1.54) is 0 Å². The first-order valence-electron chi connectivity index (χ1n) is 6.03. The molecule has 1 aliphatic carbocycles. The maximum Gasteiger partial charge on any atom is 0.222 e. The Bertz CT molecular complexity index is 275. The van der Waals surface area contributed by atoms with Crippen LogP contribution < -0.4 is 5.73 Å². The summed E-state index contributed by atoms with van der Waals surface area (Å²) in [6.45, 7) is 3.08. The number of fused-ring (bicyclic) bond motifs is 1. The van der Waals surface area contributed by atoms with Crippen LogP contribution in [0.15, 0.2) is 0 Å². The Morgan fingerprint density at radius 1 is 1.20 bits per heavy atom. The molecule has 2 heterocycles. The summed E-state index contributed by atoms with van der Waals surface area (Å²) in [5, 5.41) is 0. The third kappa shape index (κ3) is 1.56. The molecule has 0 radical (unpaired) electrons. The molecule has 2 saturated heterocycles. The van der Waals surface area contributed by atoms with E-state index < -0.39 is 0 Å². The average Bonchev–Trinajstić information content (AvgIpc) is 2.55. The van der Waals surface area contributed by atoms with E-state index in [0.717, 1.165) is 45.3 Å². The molecule has 1 unspecified atom stereocenters. The molecule has 2 aliphatic heterocycles. The Kier molecular flexibility index (Phi) is 2.21. The van der Waals surface area contributed by atoms with Crippen molar-refractivity contribution >= 4 is 5.91 Å². The smallest absolute Gasteiger partial charge is 0.222 e. The average molecular weight is 209 g/mol. The molecule has 15 heavy (non-hydrogen) atoms. The summed E-state index contributed by atoms with van der Waals surface area (Å²) >= 11 is 0. The van der Waals surface area contributed by atoms with Crippen LogP contribution in [0.3, 0.4) is 0 Å². The molecule has 1 amide bonds. The largest absolute Gasteiger partial charge is 0.337 e. The van der Waals surface area contributed by atoms with Gasteiger partial charge in [0, 0.05) is 44.2 Å². The summed E-state index contributed by atoms with van der Waals surface area (Å²) in [6, 6.07) is 1.64. The molecule has 2 N–H and O–H groups in total. The van der Waals surface area contributed by atoms with Crippen LogP contribution in [-0.4, -0.2) is 53.5 Å². The molecule has 3 rings (SSSR count). The Morgan fingerprint density at radius 3 is 2.73 bits per heavy atom. The number of hydrogen-bond donors (Lipinski definition) is 1. The van der Waals surface area contributed by atoms with E-state index in [9.17, 15) is 4.79 Å². The quantitative estimate of drug-likeness (QED) is 0.649. The molecule has 1 atom stereocenters. The molecule has 4 heteroatoms. The third-order valence-corrected chi connectivity index (χ3v) is 4.19. The lowest BCUT2D eigenvalue weighted by Crippen LogP contribution is -2.59. The van der Waals surface area contributed by atoms with Gasteiger partial charge in [-0.05, 0) is 19.3 Å². The highest BCUT2D eigenvalue weighted by atomic mass is 16.2.